The number of hydrogen-bond acceptors (Lipinski definition) is 3. The molecule has 108 valence electrons. The second-order valence-electron chi connectivity index (χ2n) is 4.00. The van der Waals surface area contributed by atoms with E-state index < -0.39 is 15.8 Å². The maximum atomic E-state index is 13.3. The molecule has 0 saturated carbocycles. The summed E-state index contributed by atoms with van der Waals surface area (Å²) >= 11 is 11.2. The first-order chi connectivity index (χ1) is 9.83. The number of halogens is 3. The van der Waals surface area contributed by atoms with Gasteiger partial charge >= 0.3 is 0 Å². The zero-order valence-corrected chi connectivity index (χ0v) is 12.6. The Morgan fingerprint density at radius 3 is 2.33 bits per heavy atom. The third-order valence-corrected chi connectivity index (χ3v) is 4.44. The van der Waals surface area contributed by atoms with Gasteiger partial charge in [0.05, 0.1) is 32.3 Å². The Balaban J connectivity index is 2.40. The van der Waals surface area contributed by atoms with Gasteiger partial charge in [0.1, 0.15) is 0 Å². The van der Waals surface area contributed by atoms with Crippen LogP contribution in [-0.2, 0) is 10.0 Å². The van der Waals surface area contributed by atoms with Gasteiger partial charge in [-0.25, -0.2) is 12.8 Å². The van der Waals surface area contributed by atoms with Crippen LogP contribution >= 0.6 is 23.2 Å². The maximum Gasteiger partial charge on any atom is 0.261 e. The van der Waals surface area contributed by atoms with Crippen molar-refractivity contribution in [2.24, 2.45) is 0 Å². The van der Waals surface area contributed by atoms with E-state index in [-0.39, 0.29) is 26.2 Å². The van der Waals surface area contributed by atoms with E-state index in [9.17, 15) is 12.8 Å². The Labute approximate surface area is 130 Å². The summed E-state index contributed by atoms with van der Waals surface area (Å²) in [5, 5.41) is 8.18. The molecule has 2 aromatic rings. The Hall–Kier alpha value is -1.81. The van der Waals surface area contributed by atoms with Gasteiger partial charge in [-0.1, -0.05) is 29.3 Å². The van der Waals surface area contributed by atoms with Crippen molar-refractivity contribution in [2.75, 3.05) is 4.72 Å². The van der Waals surface area contributed by atoms with Crippen molar-refractivity contribution in [1.29, 1.82) is 5.26 Å². The lowest BCUT2D eigenvalue weighted by Crippen LogP contribution is -2.13. The minimum Gasteiger partial charge on any atom is -0.280 e. The van der Waals surface area contributed by atoms with Gasteiger partial charge in [-0.15, -0.1) is 0 Å². The molecule has 0 bridgehead atoms. The fourth-order valence-corrected chi connectivity index (χ4v) is 3.13. The third-order valence-electron chi connectivity index (χ3n) is 2.51. The van der Waals surface area contributed by atoms with E-state index in [0.717, 1.165) is 12.1 Å². The van der Waals surface area contributed by atoms with Crippen LogP contribution in [-0.4, -0.2) is 8.42 Å². The Bertz CT molecular complexity index is 824. The molecule has 0 spiro atoms. The van der Waals surface area contributed by atoms with E-state index in [1.807, 2.05) is 6.07 Å². The molecule has 8 heteroatoms. The molecule has 0 aliphatic rings. The first-order valence-corrected chi connectivity index (χ1v) is 7.75. The van der Waals surface area contributed by atoms with Gasteiger partial charge in [-0.05, 0) is 30.3 Å². The van der Waals surface area contributed by atoms with Crippen LogP contribution in [0.4, 0.5) is 10.1 Å². The largest absolute Gasteiger partial charge is 0.280 e. The highest BCUT2D eigenvalue weighted by molar-refractivity contribution is 7.92. The zero-order valence-electron chi connectivity index (χ0n) is 10.3. The molecule has 0 aliphatic carbocycles. The lowest BCUT2D eigenvalue weighted by molar-refractivity contribution is 0.601. The summed E-state index contributed by atoms with van der Waals surface area (Å²) in [6.07, 6.45) is 0. The molecule has 0 unspecified atom stereocenters. The molecule has 0 fully saturated rings. The molecular weight excluding hydrogens is 338 g/mol. The lowest BCUT2D eigenvalue weighted by atomic mass is 10.2. The average molecular weight is 345 g/mol. The number of nitrogens with zero attached hydrogens (tertiary/aromatic N) is 1. The van der Waals surface area contributed by atoms with Crippen LogP contribution in [0, 0.1) is 17.1 Å². The van der Waals surface area contributed by atoms with Gasteiger partial charge in [-0.3, -0.25) is 4.72 Å². The number of nitrogens with one attached hydrogen (secondary N) is 1. The second-order valence-corrected chi connectivity index (χ2v) is 6.50. The summed E-state index contributed by atoms with van der Waals surface area (Å²) in [7, 11) is -3.93. The molecule has 0 aliphatic heterocycles. The smallest absolute Gasteiger partial charge is 0.261 e. The van der Waals surface area contributed by atoms with Gasteiger partial charge < -0.3 is 0 Å². The summed E-state index contributed by atoms with van der Waals surface area (Å²) in [5.41, 5.74) is 0.224. The van der Waals surface area contributed by atoms with Crippen LogP contribution in [0.15, 0.2) is 41.3 Å². The molecule has 0 aromatic heterocycles. The van der Waals surface area contributed by atoms with Crippen LogP contribution in [0.5, 0.6) is 0 Å². The van der Waals surface area contributed by atoms with Crippen molar-refractivity contribution in [3.05, 3.63) is 57.8 Å². The fourth-order valence-electron chi connectivity index (χ4n) is 1.56. The predicted molar refractivity (Wildman–Crippen MR) is 78.4 cm³/mol. The zero-order chi connectivity index (χ0) is 15.6. The first-order valence-electron chi connectivity index (χ1n) is 5.51. The number of hydrogen-bond donors (Lipinski definition) is 1. The molecule has 0 heterocycles. The highest BCUT2D eigenvalue weighted by Gasteiger charge is 2.16. The maximum absolute atomic E-state index is 13.3. The summed E-state index contributed by atoms with van der Waals surface area (Å²) in [6, 6.07) is 9.52. The van der Waals surface area contributed by atoms with Crippen molar-refractivity contribution in [2.45, 2.75) is 4.90 Å². The Morgan fingerprint density at radius 2 is 1.76 bits per heavy atom. The van der Waals surface area contributed by atoms with Gasteiger partial charge in [-0.2, -0.15) is 5.26 Å². The number of sulfonamides is 1. The summed E-state index contributed by atoms with van der Waals surface area (Å²) < 4.78 is 39.9. The molecule has 21 heavy (non-hydrogen) atoms. The van der Waals surface area contributed by atoms with Crippen molar-refractivity contribution in [3.8, 4) is 6.07 Å². The molecule has 1 N–H and O–H groups in total. The van der Waals surface area contributed by atoms with Crippen molar-refractivity contribution in [1.82, 2.24) is 0 Å². The number of rotatable bonds is 3. The topological polar surface area (TPSA) is 70.0 Å². The van der Waals surface area contributed by atoms with E-state index in [2.05, 4.69) is 4.72 Å². The van der Waals surface area contributed by atoms with E-state index in [1.165, 1.54) is 24.3 Å². The minimum atomic E-state index is -3.93. The molecule has 2 aromatic carbocycles. The molecule has 0 radical (unpaired) electrons. The standard InChI is InChI=1S/C13H7Cl2FN2O2S/c14-11-5-9(6-12(15)13(11)16)18-21(19,20)10-3-1-2-8(4-10)7-17/h1-6,18H. The van der Waals surface area contributed by atoms with Crippen molar-refractivity contribution < 1.29 is 12.8 Å². The van der Waals surface area contributed by atoms with Gasteiger partial charge in [0.2, 0.25) is 0 Å². The second kappa shape index (κ2) is 5.90. The van der Waals surface area contributed by atoms with Crippen LogP contribution in [0.25, 0.3) is 0 Å². The summed E-state index contributed by atoms with van der Waals surface area (Å²) in [4.78, 5) is -0.0990. The Morgan fingerprint density at radius 1 is 1.14 bits per heavy atom. The summed E-state index contributed by atoms with van der Waals surface area (Å²) in [6.45, 7) is 0. The fraction of sp³-hybridized carbons (Fsp3) is 0. The molecule has 4 nitrogen and oxygen atoms in total. The van der Waals surface area contributed by atoms with E-state index in [4.69, 9.17) is 28.5 Å². The van der Waals surface area contributed by atoms with Crippen LogP contribution < -0.4 is 4.72 Å². The molecule has 0 amide bonds. The number of nitriles is 1. The molecular formula is C13H7Cl2FN2O2S. The Kier molecular flexibility index (Phi) is 4.37. The van der Waals surface area contributed by atoms with Crippen molar-refractivity contribution >= 4 is 38.9 Å². The van der Waals surface area contributed by atoms with Crippen molar-refractivity contribution in [3.63, 3.8) is 0 Å². The average Bonchev–Trinajstić information content (AvgIpc) is 2.44. The SMILES string of the molecule is N#Cc1cccc(S(=O)(=O)Nc2cc(Cl)c(F)c(Cl)c2)c1. The van der Waals surface area contributed by atoms with Gasteiger partial charge in [0.25, 0.3) is 10.0 Å². The lowest BCUT2D eigenvalue weighted by Gasteiger charge is -2.09. The molecule has 0 atom stereocenters. The normalized spacial score (nSPS) is 11.0. The van der Waals surface area contributed by atoms with Crippen LogP contribution in [0.2, 0.25) is 10.0 Å². The molecule has 2 rings (SSSR count). The minimum absolute atomic E-state index is 0.0220. The van der Waals surface area contributed by atoms with E-state index in [0.29, 0.717) is 0 Å². The third kappa shape index (κ3) is 3.45. The van der Waals surface area contributed by atoms with Gasteiger partial charge in [0, 0.05) is 0 Å². The highest BCUT2D eigenvalue weighted by atomic mass is 35.5. The quantitative estimate of drug-likeness (QED) is 0.860. The monoisotopic (exact) mass is 344 g/mol. The molecule has 0 saturated heterocycles. The highest BCUT2D eigenvalue weighted by Crippen LogP contribution is 2.28. The number of benzene rings is 2. The van der Waals surface area contributed by atoms with E-state index in [1.54, 1.807) is 0 Å². The first kappa shape index (κ1) is 15.6. The van der Waals surface area contributed by atoms with Gasteiger partial charge in [0.15, 0.2) is 5.82 Å². The van der Waals surface area contributed by atoms with E-state index >= 15 is 0 Å². The number of anilines is 1. The predicted octanol–water partition coefficient (Wildman–Crippen LogP) is 3.80. The summed E-state index contributed by atoms with van der Waals surface area (Å²) in [5.74, 6) is -0.826. The van der Waals surface area contributed by atoms with Crippen LogP contribution in [0.1, 0.15) is 5.56 Å². The van der Waals surface area contributed by atoms with Crippen LogP contribution in [0.3, 0.4) is 0 Å².